The molecule has 2 aromatic rings. The lowest BCUT2D eigenvalue weighted by atomic mass is 9.85. The van der Waals surface area contributed by atoms with Crippen molar-refractivity contribution in [2.24, 2.45) is 0 Å². The molecule has 4 heteroatoms. The molecule has 0 radical (unpaired) electrons. The molecule has 0 N–H and O–H groups in total. The minimum absolute atomic E-state index is 0.389. The summed E-state index contributed by atoms with van der Waals surface area (Å²) in [6.07, 6.45) is 6.07. The molecule has 1 aliphatic rings. The van der Waals surface area contributed by atoms with E-state index in [1.54, 1.807) is 0 Å². The van der Waals surface area contributed by atoms with Crippen molar-refractivity contribution in [3.8, 4) is 6.07 Å². The van der Waals surface area contributed by atoms with Gasteiger partial charge < -0.3 is 4.57 Å². The van der Waals surface area contributed by atoms with Gasteiger partial charge in [-0.15, -0.1) is 0 Å². The topological polar surface area (TPSA) is 41.6 Å². The summed E-state index contributed by atoms with van der Waals surface area (Å²) >= 11 is 0. The van der Waals surface area contributed by atoms with Crippen LogP contribution in [-0.2, 0) is 6.42 Å². The van der Waals surface area contributed by atoms with E-state index in [9.17, 15) is 0 Å². The Balaban J connectivity index is 2.05. The minimum atomic E-state index is 0.389. The molecule has 3 rings (SSSR count). The molecule has 0 amide bonds. The number of fused-ring (bicyclic) bond motifs is 1. The monoisotopic (exact) mass is 221 g/mol. The zero-order valence-electron chi connectivity index (χ0n) is 9.72. The van der Waals surface area contributed by atoms with Gasteiger partial charge in [0.05, 0.1) is 24.0 Å². The van der Waals surface area contributed by atoms with Gasteiger partial charge in [0, 0.05) is 11.9 Å². The lowest BCUT2D eigenvalue weighted by Gasteiger charge is -2.16. The molecule has 0 bridgehead atoms. The second kappa shape index (κ2) is 3.78. The molecule has 0 aliphatic carbocycles. The molecule has 0 saturated carbocycles. The average molecular weight is 221 g/mol. The van der Waals surface area contributed by atoms with Gasteiger partial charge in [0.25, 0.3) is 0 Å². The Morgan fingerprint density at radius 1 is 1.47 bits per heavy atom. The maximum absolute atomic E-state index is 8.88. The number of imidazole rings is 1. The summed E-state index contributed by atoms with van der Waals surface area (Å²) in [4.78, 5) is 4.19. The summed E-state index contributed by atoms with van der Waals surface area (Å²) in [6, 6.07) is 8.51. The number of hydrogen-bond acceptors (Lipinski definition) is 2. The number of rotatable bonds is 1. The summed E-state index contributed by atoms with van der Waals surface area (Å²) < 4.78 is 2.24. The highest BCUT2D eigenvalue weighted by molar-refractivity contribution is 6.33. The minimum Gasteiger partial charge on any atom is -0.327 e. The van der Waals surface area contributed by atoms with E-state index < -0.39 is 0 Å². The van der Waals surface area contributed by atoms with Gasteiger partial charge in [-0.25, -0.2) is 4.98 Å². The number of hydrogen-bond donors (Lipinski definition) is 0. The van der Waals surface area contributed by atoms with Crippen LogP contribution in [0, 0.1) is 11.3 Å². The van der Waals surface area contributed by atoms with Gasteiger partial charge in [0.15, 0.2) is 0 Å². The fraction of sp³-hybridized carbons (Fsp3) is 0.231. The smallest absolute Gasteiger partial charge is 0.139 e. The van der Waals surface area contributed by atoms with Crippen LogP contribution >= 0.6 is 0 Å². The first-order chi connectivity index (χ1) is 8.29. The van der Waals surface area contributed by atoms with E-state index in [0.29, 0.717) is 6.04 Å². The van der Waals surface area contributed by atoms with Crippen molar-refractivity contribution >= 4 is 13.3 Å². The van der Waals surface area contributed by atoms with Crippen LogP contribution in [0.3, 0.4) is 0 Å². The lowest BCUT2D eigenvalue weighted by Crippen LogP contribution is -2.17. The first-order valence-electron chi connectivity index (χ1n) is 5.81. The number of nitrogens with zero attached hydrogens (tertiary/aromatic N) is 3. The Labute approximate surface area is 101 Å². The largest absolute Gasteiger partial charge is 0.327 e. The predicted molar refractivity (Wildman–Crippen MR) is 68.0 cm³/mol. The molecule has 0 spiro atoms. The van der Waals surface area contributed by atoms with Crippen LogP contribution < -0.4 is 5.46 Å². The van der Waals surface area contributed by atoms with Crippen molar-refractivity contribution in [2.75, 3.05) is 0 Å². The fourth-order valence-electron chi connectivity index (χ4n) is 2.65. The normalized spacial score (nSPS) is 17.7. The van der Waals surface area contributed by atoms with Crippen LogP contribution in [-0.4, -0.2) is 17.4 Å². The highest BCUT2D eigenvalue weighted by atomic mass is 15.1. The maximum atomic E-state index is 8.88. The zero-order valence-corrected chi connectivity index (χ0v) is 9.72. The van der Waals surface area contributed by atoms with Gasteiger partial charge in [-0.3, -0.25) is 0 Å². The molecule has 1 atom stereocenters. The zero-order chi connectivity index (χ0) is 11.8. The van der Waals surface area contributed by atoms with E-state index in [-0.39, 0.29) is 0 Å². The van der Waals surface area contributed by atoms with Gasteiger partial charge in [-0.2, -0.15) is 5.26 Å². The van der Waals surface area contributed by atoms with Crippen LogP contribution in [0.2, 0.25) is 0 Å². The second-order valence-electron chi connectivity index (χ2n) is 4.53. The van der Waals surface area contributed by atoms with E-state index in [2.05, 4.69) is 29.5 Å². The van der Waals surface area contributed by atoms with Gasteiger partial charge in [-0.05, 0) is 24.5 Å². The molecular formula is C13H12BN3. The molecule has 3 nitrogen and oxygen atoms in total. The Morgan fingerprint density at radius 3 is 3.12 bits per heavy atom. The number of aryl methyl sites for hydroxylation is 1. The molecule has 1 aliphatic heterocycles. The Kier molecular flexibility index (Phi) is 2.26. The molecule has 82 valence electrons. The van der Waals surface area contributed by atoms with Crippen molar-refractivity contribution in [2.45, 2.75) is 18.9 Å². The lowest BCUT2D eigenvalue weighted by molar-refractivity contribution is 0.619. The highest BCUT2D eigenvalue weighted by Gasteiger charge is 2.24. The van der Waals surface area contributed by atoms with Crippen molar-refractivity contribution in [1.82, 2.24) is 9.55 Å². The third-order valence-corrected chi connectivity index (χ3v) is 3.51. The van der Waals surface area contributed by atoms with E-state index in [0.717, 1.165) is 18.4 Å². The van der Waals surface area contributed by atoms with E-state index in [1.165, 1.54) is 16.7 Å². The van der Waals surface area contributed by atoms with Crippen LogP contribution in [0.15, 0.2) is 30.7 Å². The van der Waals surface area contributed by atoms with Gasteiger partial charge in [0.1, 0.15) is 7.85 Å². The molecule has 0 saturated heterocycles. The summed E-state index contributed by atoms with van der Waals surface area (Å²) in [5, 5.41) is 8.88. The van der Waals surface area contributed by atoms with Gasteiger partial charge in [-0.1, -0.05) is 17.6 Å². The van der Waals surface area contributed by atoms with Crippen molar-refractivity contribution < 1.29 is 0 Å². The highest BCUT2D eigenvalue weighted by Crippen LogP contribution is 2.30. The molecule has 1 aromatic carbocycles. The van der Waals surface area contributed by atoms with Crippen LogP contribution in [0.1, 0.15) is 29.3 Å². The molecule has 1 unspecified atom stereocenters. The molecular weight excluding hydrogens is 209 g/mol. The van der Waals surface area contributed by atoms with Crippen LogP contribution in [0.4, 0.5) is 0 Å². The summed E-state index contributed by atoms with van der Waals surface area (Å²) in [5.74, 6) is 0. The van der Waals surface area contributed by atoms with E-state index in [4.69, 9.17) is 5.26 Å². The Hall–Kier alpha value is -2.02. The van der Waals surface area contributed by atoms with Crippen molar-refractivity contribution in [1.29, 1.82) is 5.26 Å². The average Bonchev–Trinajstić information content (AvgIpc) is 2.91. The third-order valence-electron chi connectivity index (χ3n) is 3.51. The second-order valence-corrected chi connectivity index (χ2v) is 4.53. The summed E-state index contributed by atoms with van der Waals surface area (Å²) in [6.45, 7) is 0. The van der Waals surface area contributed by atoms with Crippen molar-refractivity contribution in [3.63, 3.8) is 0 Å². The SMILES string of the molecule is Bc1cc(C#N)ccc1C1CCc2cncn21. The first kappa shape index (κ1) is 10.2. The Bertz CT molecular complexity index is 609. The number of nitriles is 1. The van der Waals surface area contributed by atoms with Crippen molar-refractivity contribution in [3.05, 3.63) is 47.5 Å². The first-order valence-corrected chi connectivity index (χ1v) is 5.81. The molecule has 1 aromatic heterocycles. The predicted octanol–water partition coefficient (Wildman–Crippen LogP) is 0.549. The van der Waals surface area contributed by atoms with E-state index in [1.807, 2.05) is 24.7 Å². The van der Waals surface area contributed by atoms with Crippen LogP contribution in [0.25, 0.3) is 0 Å². The molecule has 2 heterocycles. The van der Waals surface area contributed by atoms with Crippen LogP contribution in [0.5, 0.6) is 0 Å². The molecule has 0 fully saturated rings. The van der Waals surface area contributed by atoms with Gasteiger partial charge >= 0.3 is 0 Å². The standard InChI is InChI=1S/C13H12BN3/c14-12-5-9(6-15)1-3-11(12)13-4-2-10-7-16-8-17(10)13/h1,3,5,7-8,13H,2,4,14H2. The van der Waals surface area contributed by atoms with E-state index >= 15 is 0 Å². The maximum Gasteiger partial charge on any atom is 0.139 e. The Morgan fingerprint density at radius 2 is 2.35 bits per heavy atom. The number of aromatic nitrogens is 2. The van der Waals surface area contributed by atoms with Gasteiger partial charge in [0.2, 0.25) is 0 Å². The molecule has 17 heavy (non-hydrogen) atoms. The number of benzene rings is 1. The summed E-state index contributed by atoms with van der Waals surface area (Å²) in [5.41, 5.74) is 4.53. The third kappa shape index (κ3) is 1.55. The quantitative estimate of drug-likeness (QED) is 0.660. The fourth-order valence-corrected chi connectivity index (χ4v) is 2.65. The summed E-state index contributed by atoms with van der Waals surface area (Å²) in [7, 11) is 2.07.